The first kappa shape index (κ1) is 19.7. The Hall–Kier alpha value is -2.58. The van der Waals surface area contributed by atoms with Gasteiger partial charge in [0.1, 0.15) is 23.2 Å². The number of nitrogens with two attached hydrogens (primary N) is 1. The number of ether oxygens (including phenoxy) is 2. The lowest BCUT2D eigenvalue weighted by atomic mass is 10.1. The molecule has 0 bridgehead atoms. The fraction of sp³-hybridized carbons (Fsp3) is 0.438. The summed E-state index contributed by atoms with van der Waals surface area (Å²) in [6.07, 6.45) is -4.61. The molecule has 0 saturated carbocycles. The molecular weight excluding hydrogens is 408 g/mol. The molecule has 0 amide bonds. The number of nitrogen functional groups attached to an aromatic ring is 1. The van der Waals surface area contributed by atoms with Gasteiger partial charge in [-0.25, -0.2) is 4.79 Å². The molecule has 5 N–H and O–H groups in total. The Morgan fingerprint density at radius 2 is 2.07 bits per heavy atom. The van der Waals surface area contributed by atoms with Gasteiger partial charge in [-0.05, 0) is 6.92 Å². The number of aryl methyl sites for hydroxylation is 1. The minimum absolute atomic E-state index is 0.108. The van der Waals surface area contributed by atoms with Crippen LogP contribution in [0.2, 0.25) is 0 Å². The lowest BCUT2D eigenvalue weighted by Crippen LogP contribution is -2.42. The molecule has 4 atom stereocenters. The molecule has 0 unspecified atom stereocenters. The van der Waals surface area contributed by atoms with Crippen LogP contribution in [0.3, 0.4) is 0 Å². The number of aromatic nitrogens is 2. The highest BCUT2D eigenvalue weighted by atomic mass is 32.2. The summed E-state index contributed by atoms with van der Waals surface area (Å²) in [6, 6.07) is 0. The Kier molecular flexibility index (Phi) is 5.00. The van der Waals surface area contributed by atoms with Gasteiger partial charge in [-0.15, -0.1) is 0 Å². The van der Waals surface area contributed by atoms with Crippen molar-refractivity contribution in [2.75, 3.05) is 17.2 Å². The van der Waals surface area contributed by atoms with Gasteiger partial charge in [0.2, 0.25) is 11.8 Å². The summed E-state index contributed by atoms with van der Waals surface area (Å²) in [5, 5.41) is 30.1. The number of hydrogen-bond donors (Lipinski definition) is 4. The zero-order valence-corrected chi connectivity index (χ0v) is 16.0. The molecule has 13 heteroatoms. The predicted molar refractivity (Wildman–Crippen MR) is 98.0 cm³/mol. The van der Waals surface area contributed by atoms with E-state index in [1.54, 1.807) is 6.92 Å². The molecule has 1 fully saturated rings. The van der Waals surface area contributed by atoms with Crippen molar-refractivity contribution in [1.29, 1.82) is 0 Å². The third kappa shape index (κ3) is 3.36. The molecule has 2 aromatic heterocycles. The Morgan fingerprint density at radius 1 is 1.31 bits per heavy atom. The molecule has 4 rings (SSSR count). The number of fused-ring (bicyclic) bond motifs is 1. The number of anilines is 2. The Morgan fingerprint density at radius 3 is 2.69 bits per heavy atom. The minimum Gasteiger partial charge on any atom is -0.468 e. The fourth-order valence-corrected chi connectivity index (χ4v) is 4.02. The molecular formula is C16H18N4O8S. The van der Waals surface area contributed by atoms with Crippen LogP contribution < -0.4 is 21.2 Å². The van der Waals surface area contributed by atoms with E-state index in [1.165, 1.54) is 4.90 Å². The van der Waals surface area contributed by atoms with Crippen LogP contribution in [0.25, 0.3) is 0 Å². The summed E-state index contributed by atoms with van der Waals surface area (Å²) < 4.78 is 20.9. The van der Waals surface area contributed by atoms with Crippen molar-refractivity contribution in [2.45, 2.75) is 43.0 Å². The van der Waals surface area contributed by atoms with E-state index >= 15 is 0 Å². The van der Waals surface area contributed by atoms with Gasteiger partial charge in [-0.1, -0.05) is 18.3 Å². The van der Waals surface area contributed by atoms with Crippen molar-refractivity contribution in [3.05, 3.63) is 33.7 Å². The molecule has 12 nitrogen and oxygen atoms in total. The lowest BCUT2D eigenvalue weighted by Gasteiger charge is -2.27. The second-order valence-corrected chi connectivity index (χ2v) is 7.44. The van der Waals surface area contributed by atoms with Crippen molar-refractivity contribution >= 4 is 23.5 Å². The topological polar surface area (TPSA) is 178 Å². The number of thioether (sulfide) groups is 1. The number of rotatable bonds is 5. The highest BCUT2D eigenvalue weighted by Gasteiger charge is 2.49. The maximum absolute atomic E-state index is 11.2. The van der Waals surface area contributed by atoms with E-state index in [4.69, 9.17) is 24.0 Å². The molecule has 2 aliphatic heterocycles. The largest absolute Gasteiger partial charge is 0.519 e. The van der Waals surface area contributed by atoms with Gasteiger partial charge in [0, 0.05) is 0 Å². The molecule has 2 aromatic rings. The van der Waals surface area contributed by atoms with E-state index in [9.17, 15) is 20.1 Å². The molecule has 0 spiro atoms. The first-order chi connectivity index (χ1) is 13.8. The maximum Gasteiger partial charge on any atom is 0.519 e. The van der Waals surface area contributed by atoms with E-state index in [1.807, 2.05) is 0 Å². The Bertz CT molecular complexity index is 1010. The van der Waals surface area contributed by atoms with Crippen molar-refractivity contribution in [2.24, 2.45) is 0 Å². The number of aliphatic hydroxyl groups excluding tert-OH is 3. The average Bonchev–Trinajstić information content (AvgIpc) is 3.26. The van der Waals surface area contributed by atoms with Gasteiger partial charge < -0.3 is 39.4 Å². The first-order valence-electron chi connectivity index (χ1n) is 8.48. The third-order valence-electron chi connectivity index (χ3n) is 4.50. The van der Waals surface area contributed by atoms with Crippen LogP contribution >= 0.6 is 11.8 Å². The van der Waals surface area contributed by atoms with Crippen LogP contribution in [0.15, 0.2) is 30.1 Å². The first-order valence-corrected chi connectivity index (χ1v) is 9.30. The highest BCUT2D eigenvalue weighted by molar-refractivity contribution is 8.03. The predicted octanol–water partition coefficient (Wildman–Crippen LogP) is -0.685. The van der Waals surface area contributed by atoms with E-state index in [-0.39, 0.29) is 35.8 Å². The summed E-state index contributed by atoms with van der Waals surface area (Å²) in [4.78, 5) is 21.3. The summed E-state index contributed by atoms with van der Waals surface area (Å²) in [7, 11) is 0. The Balaban J connectivity index is 1.64. The van der Waals surface area contributed by atoms with Crippen LogP contribution in [0, 0.1) is 6.92 Å². The highest BCUT2D eigenvalue weighted by Crippen LogP contribution is 2.50. The van der Waals surface area contributed by atoms with Crippen molar-refractivity contribution in [3.63, 3.8) is 0 Å². The van der Waals surface area contributed by atoms with E-state index in [2.05, 4.69) is 16.5 Å². The van der Waals surface area contributed by atoms with Gasteiger partial charge in [0.05, 0.1) is 11.6 Å². The second kappa shape index (κ2) is 7.35. The summed E-state index contributed by atoms with van der Waals surface area (Å²) in [6.45, 7) is 4.88. The number of hydrogen-bond acceptors (Lipinski definition) is 13. The zero-order valence-electron chi connectivity index (χ0n) is 15.1. The van der Waals surface area contributed by atoms with Gasteiger partial charge in [0.15, 0.2) is 30.2 Å². The van der Waals surface area contributed by atoms with Gasteiger partial charge >= 0.3 is 5.82 Å². The van der Waals surface area contributed by atoms with Crippen molar-refractivity contribution in [1.82, 2.24) is 9.97 Å². The summed E-state index contributed by atoms with van der Waals surface area (Å²) in [5.74, 6) is -0.108. The van der Waals surface area contributed by atoms with Gasteiger partial charge in [0.25, 0.3) is 0 Å². The summed E-state index contributed by atoms with van der Waals surface area (Å²) in [5.41, 5.74) is 5.80. The van der Waals surface area contributed by atoms with Crippen LogP contribution in [0.5, 0.6) is 5.88 Å². The molecule has 0 radical (unpaired) electrons. The molecule has 156 valence electrons. The molecule has 0 aliphatic carbocycles. The number of aliphatic hydroxyl groups is 3. The maximum atomic E-state index is 11.2. The molecule has 1 saturated heterocycles. The third-order valence-corrected chi connectivity index (χ3v) is 5.49. The fourth-order valence-electron chi connectivity index (χ4n) is 3.07. The minimum atomic E-state index is -1.32. The molecule has 0 aromatic carbocycles. The number of nitrogens with zero attached hydrogens (tertiary/aromatic N) is 3. The second-order valence-electron chi connectivity index (χ2n) is 6.36. The molecule has 29 heavy (non-hydrogen) atoms. The monoisotopic (exact) mass is 426 g/mol. The van der Waals surface area contributed by atoms with E-state index in [0.717, 1.165) is 11.8 Å². The van der Waals surface area contributed by atoms with Crippen LogP contribution in [0.4, 0.5) is 11.8 Å². The van der Waals surface area contributed by atoms with Crippen LogP contribution in [-0.4, -0.2) is 56.4 Å². The van der Waals surface area contributed by atoms with Crippen LogP contribution in [-0.2, 0) is 11.3 Å². The quantitative estimate of drug-likeness (QED) is 0.473. The molecule has 4 heterocycles. The zero-order chi connectivity index (χ0) is 20.9. The van der Waals surface area contributed by atoms with Gasteiger partial charge in [-0.2, -0.15) is 9.97 Å². The SMILES string of the molecule is C=C1Sc2c(OCc3oc(=O)oc3C)nc(N)nc2N1[C@@H]1O[C@H](CO)[C@@H](O)[C@H]1O. The Labute approximate surface area is 167 Å². The lowest BCUT2D eigenvalue weighted by molar-refractivity contribution is -0.0205. The van der Waals surface area contributed by atoms with Gasteiger partial charge in [-0.3, -0.25) is 4.90 Å². The van der Waals surface area contributed by atoms with E-state index in [0.29, 0.717) is 9.92 Å². The normalized spacial score (nSPS) is 26.2. The molecule has 2 aliphatic rings. The van der Waals surface area contributed by atoms with E-state index < -0.39 is 37.0 Å². The average molecular weight is 426 g/mol. The van der Waals surface area contributed by atoms with Crippen molar-refractivity contribution < 1.29 is 33.6 Å². The van der Waals surface area contributed by atoms with Crippen molar-refractivity contribution in [3.8, 4) is 5.88 Å². The summed E-state index contributed by atoms with van der Waals surface area (Å²) >= 11 is 1.15. The smallest absolute Gasteiger partial charge is 0.468 e. The van der Waals surface area contributed by atoms with Crippen LogP contribution in [0.1, 0.15) is 11.5 Å². The standard InChI is InChI=1S/C16H18N4O8S/c1-5-8(28-16(24)26-5)4-25-13-11-12(18-15(17)19-13)20(6(2)29-11)14-10(23)9(22)7(3-21)27-14/h7,9-10,14,21-23H,2-4H2,1H3,(H2,17,18,19)/t7-,9-,10-,14-/m1/s1.